The summed E-state index contributed by atoms with van der Waals surface area (Å²) in [5.41, 5.74) is 0.630. The highest BCUT2D eigenvalue weighted by molar-refractivity contribution is 7.89. The molecule has 0 unspecified atom stereocenters. The maximum Gasteiger partial charge on any atom is 0.259 e. The fourth-order valence-corrected chi connectivity index (χ4v) is 3.22. The summed E-state index contributed by atoms with van der Waals surface area (Å²) in [6.45, 7) is 2.37. The summed E-state index contributed by atoms with van der Waals surface area (Å²) >= 11 is 0. The molecule has 0 aliphatic heterocycles. The maximum absolute atomic E-state index is 12.2. The number of hydrogen-bond acceptors (Lipinski definition) is 6. The van der Waals surface area contributed by atoms with E-state index in [4.69, 9.17) is 0 Å². The maximum atomic E-state index is 12.2. The molecule has 3 aromatic rings. The molecule has 3 aromatic heterocycles. The van der Waals surface area contributed by atoms with Gasteiger partial charge in [-0.15, -0.1) is 0 Å². The van der Waals surface area contributed by atoms with E-state index in [1.165, 1.54) is 6.20 Å². The number of nitrogens with one attached hydrogen (secondary N) is 1. The van der Waals surface area contributed by atoms with Gasteiger partial charge < -0.3 is 9.13 Å². The second-order valence-corrected chi connectivity index (χ2v) is 6.88. The van der Waals surface area contributed by atoms with E-state index in [-0.39, 0.29) is 11.6 Å². The summed E-state index contributed by atoms with van der Waals surface area (Å²) in [4.78, 5) is 16.5. The molecule has 0 radical (unpaired) electrons. The van der Waals surface area contributed by atoms with Crippen LogP contribution in [0.3, 0.4) is 0 Å². The Hall–Kier alpha value is -2.59. The molecule has 0 aliphatic carbocycles. The summed E-state index contributed by atoms with van der Waals surface area (Å²) in [6, 6.07) is 0. The van der Waals surface area contributed by atoms with Crippen LogP contribution >= 0.6 is 0 Å². The first-order valence-electron chi connectivity index (χ1n) is 7.24. The Balaban J connectivity index is 1.68. The molecular weight excluding hydrogens is 330 g/mol. The van der Waals surface area contributed by atoms with Crippen molar-refractivity contribution in [3.63, 3.8) is 0 Å². The summed E-state index contributed by atoms with van der Waals surface area (Å²) in [5, 5.41) is 0.0160. The smallest absolute Gasteiger partial charge is 0.259 e. The molecule has 10 heteroatoms. The van der Waals surface area contributed by atoms with Crippen molar-refractivity contribution in [2.24, 2.45) is 7.05 Å². The van der Waals surface area contributed by atoms with Crippen molar-refractivity contribution >= 4 is 10.0 Å². The predicted octanol–water partition coefficient (Wildman–Crippen LogP) is 0.361. The van der Waals surface area contributed by atoms with E-state index in [9.17, 15) is 8.42 Å². The molecule has 0 aromatic carbocycles. The van der Waals surface area contributed by atoms with Crippen LogP contribution in [0.2, 0.25) is 0 Å². The van der Waals surface area contributed by atoms with Gasteiger partial charge in [-0.1, -0.05) is 0 Å². The highest BCUT2D eigenvalue weighted by Crippen LogP contribution is 2.13. The van der Waals surface area contributed by atoms with Crippen molar-refractivity contribution in [2.45, 2.75) is 18.5 Å². The van der Waals surface area contributed by atoms with Gasteiger partial charge in [-0.25, -0.2) is 28.1 Å². The molecule has 0 fully saturated rings. The summed E-state index contributed by atoms with van der Waals surface area (Å²) in [5.74, 6) is 1.27. The lowest BCUT2D eigenvalue weighted by atomic mass is 10.4. The molecule has 0 aliphatic rings. The Labute approximate surface area is 139 Å². The van der Waals surface area contributed by atoms with Gasteiger partial charge in [0.05, 0.1) is 6.20 Å². The summed E-state index contributed by atoms with van der Waals surface area (Å²) in [6.07, 6.45) is 9.67. The third-order valence-electron chi connectivity index (χ3n) is 3.51. The van der Waals surface area contributed by atoms with Gasteiger partial charge in [0.1, 0.15) is 11.5 Å². The second-order valence-electron chi connectivity index (χ2n) is 5.17. The van der Waals surface area contributed by atoms with E-state index < -0.39 is 10.0 Å². The zero-order valence-electron chi connectivity index (χ0n) is 13.3. The van der Waals surface area contributed by atoms with Crippen LogP contribution < -0.4 is 4.72 Å². The highest BCUT2D eigenvalue weighted by atomic mass is 32.2. The molecule has 3 heterocycles. The molecule has 9 nitrogen and oxygen atoms in total. The van der Waals surface area contributed by atoms with E-state index >= 15 is 0 Å². The molecule has 0 spiro atoms. The SMILES string of the molecule is Cc1nc(S(=O)(=O)NCCn2ccnc2-c2cnccn2)cn1C. The lowest BCUT2D eigenvalue weighted by molar-refractivity contribution is 0.570. The number of rotatable bonds is 6. The van der Waals surface area contributed by atoms with Crippen LogP contribution in [-0.4, -0.2) is 44.0 Å². The van der Waals surface area contributed by atoms with Gasteiger partial charge in [0.15, 0.2) is 10.9 Å². The molecule has 0 amide bonds. The van der Waals surface area contributed by atoms with Crippen LogP contribution in [0.4, 0.5) is 0 Å². The van der Waals surface area contributed by atoms with E-state index in [0.717, 1.165) is 0 Å². The van der Waals surface area contributed by atoms with Crippen molar-refractivity contribution in [3.8, 4) is 11.5 Å². The Kier molecular flexibility index (Phi) is 4.40. The number of nitrogens with zero attached hydrogens (tertiary/aromatic N) is 6. The quantitative estimate of drug-likeness (QED) is 0.690. The third-order valence-corrected chi connectivity index (χ3v) is 4.85. The van der Waals surface area contributed by atoms with Crippen LogP contribution in [0, 0.1) is 6.92 Å². The van der Waals surface area contributed by atoms with Gasteiger partial charge in [0, 0.05) is 51.1 Å². The fourth-order valence-electron chi connectivity index (χ4n) is 2.17. The van der Waals surface area contributed by atoms with Crippen molar-refractivity contribution in [2.75, 3.05) is 6.54 Å². The van der Waals surface area contributed by atoms with E-state index in [1.54, 1.807) is 49.5 Å². The molecule has 0 bridgehead atoms. The Morgan fingerprint density at radius 2 is 2.04 bits per heavy atom. The number of hydrogen-bond donors (Lipinski definition) is 1. The highest BCUT2D eigenvalue weighted by Gasteiger charge is 2.18. The van der Waals surface area contributed by atoms with E-state index in [1.807, 2.05) is 4.57 Å². The van der Waals surface area contributed by atoms with Crippen LogP contribution in [0.25, 0.3) is 11.5 Å². The van der Waals surface area contributed by atoms with E-state index in [2.05, 4.69) is 24.7 Å². The molecule has 0 saturated heterocycles. The summed E-state index contributed by atoms with van der Waals surface area (Å²) in [7, 11) is -1.89. The van der Waals surface area contributed by atoms with Crippen molar-refractivity contribution < 1.29 is 8.42 Å². The van der Waals surface area contributed by atoms with Crippen molar-refractivity contribution in [3.05, 3.63) is 43.0 Å². The van der Waals surface area contributed by atoms with Crippen LogP contribution in [0.5, 0.6) is 0 Å². The van der Waals surface area contributed by atoms with Gasteiger partial charge in [0.25, 0.3) is 10.0 Å². The number of sulfonamides is 1. The minimum Gasteiger partial charge on any atom is -0.337 e. The zero-order valence-corrected chi connectivity index (χ0v) is 14.1. The summed E-state index contributed by atoms with van der Waals surface area (Å²) < 4.78 is 30.5. The van der Waals surface area contributed by atoms with Gasteiger partial charge in [-0.2, -0.15) is 0 Å². The zero-order chi connectivity index (χ0) is 17.2. The molecule has 126 valence electrons. The fraction of sp³-hybridized carbons (Fsp3) is 0.286. The van der Waals surface area contributed by atoms with Crippen molar-refractivity contribution in [1.82, 2.24) is 33.8 Å². The second kappa shape index (κ2) is 6.49. The number of imidazole rings is 2. The van der Waals surface area contributed by atoms with Crippen LogP contribution in [-0.2, 0) is 23.6 Å². The molecular formula is C14H17N7O2S. The average Bonchev–Trinajstić information content (AvgIpc) is 3.16. The first-order valence-corrected chi connectivity index (χ1v) is 8.73. The monoisotopic (exact) mass is 347 g/mol. The molecule has 0 atom stereocenters. The predicted molar refractivity (Wildman–Crippen MR) is 86.4 cm³/mol. The lowest BCUT2D eigenvalue weighted by Gasteiger charge is -2.08. The number of aryl methyl sites for hydroxylation is 2. The van der Waals surface area contributed by atoms with Gasteiger partial charge in [0.2, 0.25) is 0 Å². The molecule has 0 saturated carbocycles. The van der Waals surface area contributed by atoms with Crippen molar-refractivity contribution in [1.29, 1.82) is 0 Å². The Morgan fingerprint density at radius 3 is 2.71 bits per heavy atom. The van der Waals surface area contributed by atoms with Gasteiger partial charge in [-0.3, -0.25) is 4.98 Å². The minimum absolute atomic E-state index is 0.0160. The van der Waals surface area contributed by atoms with Gasteiger partial charge in [-0.05, 0) is 6.92 Å². The average molecular weight is 347 g/mol. The first kappa shape index (κ1) is 16.3. The molecule has 3 rings (SSSR count). The van der Waals surface area contributed by atoms with Gasteiger partial charge >= 0.3 is 0 Å². The third kappa shape index (κ3) is 3.34. The normalized spacial score (nSPS) is 11.8. The largest absolute Gasteiger partial charge is 0.337 e. The van der Waals surface area contributed by atoms with Crippen LogP contribution in [0.15, 0.2) is 42.2 Å². The lowest BCUT2D eigenvalue weighted by Crippen LogP contribution is -2.27. The number of aromatic nitrogens is 6. The van der Waals surface area contributed by atoms with E-state index in [0.29, 0.717) is 23.9 Å². The molecule has 24 heavy (non-hydrogen) atoms. The van der Waals surface area contributed by atoms with Crippen LogP contribution in [0.1, 0.15) is 5.82 Å². The molecule has 1 N–H and O–H groups in total. The Bertz CT molecular complexity index is 912. The Morgan fingerprint density at radius 1 is 1.21 bits per heavy atom. The topological polar surface area (TPSA) is 108 Å². The first-order chi connectivity index (χ1) is 11.5. The minimum atomic E-state index is -3.64. The standard InChI is InChI=1S/C14H17N7O2S/c1-11-19-13(10-20(11)2)24(22,23)18-6-8-21-7-5-17-14(21)12-9-15-3-4-16-12/h3-5,7,9-10,18H,6,8H2,1-2H3.